The predicted molar refractivity (Wildman–Crippen MR) is 171 cm³/mol. The number of hydrogen-bond donors (Lipinski definition) is 0. The molecule has 0 aromatic heterocycles. The first-order chi connectivity index (χ1) is 19.2. The van der Waals surface area contributed by atoms with Gasteiger partial charge in [-0.2, -0.15) is 121 Å². The molecule has 0 aliphatic heterocycles. The van der Waals surface area contributed by atoms with E-state index in [1.165, 1.54) is 22.3 Å². The summed E-state index contributed by atoms with van der Waals surface area (Å²) in [6.45, 7) is 3.89. The summed E-state index contributed by atoms with van der Waals surface area (Å²) in [5.41, 5.74) is 4.97. The Morgan fingerprint density at radius 2 is 0.523 bits per heavy atom. The van der Waals surface area contributed by atoms with Gasteiger partial charge in [0.15, 0.2) is 0 Å². The van der Waals surface area contributed by atoms with Crippen LogP contribution in [0.3, 0.4) is 0 Å². The van der Waals surface area contributed by atoms with Gasteiger partial charge in [-0.25, -0.2) is 0 Å². The monoisotopic (exact) mass is 964 g/mol. The average Bonchev–Trinajstić information content (AvgIpc) is 2.91. The second-order valence-corrected chi connectivity index (χ2v) is 10.5. The number of hydrogen-bond acceptors (Lipinski definition) is 4. The summed E-state index contributed by atoms with van der Waals surface area (Å²) in [4.78, 5) is 8.52. The van der Waals surface area contributed by atoms with Gasteiger partial charge in [0.1, 0.15) is 0 Å². The Kier molecular flexibility index (Phi) is 37.5. The molecule has 0 unspecified atom stereocenters. The van der Waals surface area contributed by atoms with Gasteiger partial charge in [0, 0.05) is 26.2 Å². The molecule has 0 bridgehead atoms. The van der Waals surface area contributed by atoms with Crippen LogP contribution in [0.15, 0.2) is 97.1 Å². The Balaban J connectivity index is -0.000000235. The number of rotatable bonds is 8. The minimum Gasteiger partial charge on any atom is -0.307 e. The van der Waals surface area contributed by atoms with Crippen molar-refractivity contribution in [3.63, 3.8) is 0 Å². The molecule has 0 amide bonds. The molecule has 4 nitrogen and oxygen atoms in total. The number of benzene rings is 4. The van der Waals surface area contributed by atoms with Gasteiger partial charge in [-0.05, 0) is 56.4 Å². The zero-order valence-electron chi connectivity index (χ0n) is 27.1. The smallest absolute Gasteiger partial charge is 0.307 e. The molecule has 0 fully saturated rings. The van der Waals surface area contributed by atoms with Crippen molar-refractivity contribution in [3.05, 3.63) is 144 Å². The van der Waals surface area contributed by atoms with E-state index >= 15 is 0 Å². The van der Waals surface area contributed by atoms with Crippen LogP contribution in [0.2, 0.25) is 0 Å². The van der Waals surface area contributed by atoms with Gasteiger partial charge in [-0.15, -0.1) is 22.3 Å². The Hall–Kier alpha value is -0.319. The molecule has 0 radical (unpaired) electrons. The summed E-state index contributed by atoms with van der Waals surface area (Å²) >= 11 is 0. The fourth-order valence-corrected chi connectivity index (χ4v) is 3.48. The van der Waals surface area contributed by atoms with Crippen LogP contribution in [0.1, 0.15) is 22.3 Å². The molecule has 4 aromatic carbocycles. The molecule has 0 aliphatic rings. The SMILES string of the molecule is CN(C)Cc1[c-]cccc1.CN(C)Cc1[c-]cccc1.CN(C)Cc1[c-]cccc1.CN(C)Cc1[c-]cccc1.[Ag+].[Ag+].[Ag+].[Ag+]. The number of nitrogens with zero attached hydrogens (tertiary/aromatic N) is 4. The first kappa shape index (κ1) is 50.5. The molecule has 0 spiro atoms. The van der Waals surface area contributed by atoms with E-state index < -0.39 is 0 Å². The van der Waals surface area contributed by atoms with Crippen molar-refractivity contribution in [1.29, 1.82) is 0 Å². The minimum atomic E-state index is 0. The van der Waals surface area contributed by atoms with E-state index in [-0.39, 0.29) is 89.5 Å². The molecular weight excluding hydrogens is 920 g/mol. The molecule has 4 rings (SSSR count). The van der Waals surface area contributed by atoms with Crippen molar-refractivity contribution >= 4 is 0 Å². The Labute approximate surface area is 332 Å². The van der Waals surface area contributed by atoms with Crippen LogP contribution in [0.4, 0.5) is 0 Å². The van der Waals surface area contributed by atoms with Crippen LogP contribution in [0.25, 0.3) is 0 Å². The van der Waals surface area contributed by atoms with Crippen LogP contribution in [-0.2, 0) is 116 Å². The van der Waals surface area contributed by atoms with E-state index in [9.17, 15) is 0 Å². The van der Waals surface area contributed by atoms with Crippen LogP contribution >= 0.6 is 0 Å². The molecular formula is C36H48Ag4N4. The van der Waals surface area contributed by atoms with Crippen molar-refractivity contribution in [2.75, 3.05) is 56.4 Å². The maximum absolute atomic E-state index is 3.16. The van der Waals surface area contributed by atoms with Gasteiger partial charge in [0.2, 0.25) is 0 Å². The zero-order valence-corrected chi connectivity index (χ0v) is 33.0. The first-order valence-electron chi connectivity index (χ1n) is 13.6. The largest absolute Gasteiger partial charge is 1.00 e. The molecule has 0 aliphatic carbocycles. The fourth-order valence-electron chi connectivity index (χ4n) is 3.48. The van der Waals surface area contributed by atoms with Gasteiger partial charge in [-0.3, -0.25) is 0 Å². The van der Waals surface area contributed by atoms with Crippen LogP contribution in [0.5, 0.6) is 0 Å². The maximum atomic E-state index is 3.16. The third-order valence-electron chi connectivity index (χ3n) is 5.04. The van der Waals surface area contributed by atoms with E-state index in [2.05, 4.69) is 125 Å². The maximum Gasteiger partial charge on any atom is 1.00 e. The summed E-state index contributed by atoms with van der Waals surface area (Å²) in [5.74, 6) is 0. The molecule has 0 heterocycles. The second kappa shape index (κ2) is 32.6. The summed E-state index contributed by atoms with van der Waals surface area (Å²) in [6.07, 6.45) is 0. The molecule has 8 heteroatoms. The topological polar surface area (TPSA) is 13.0 Å². The molecule has 0 saturated carbocycles. The third-order valence-corrected chi connectivity index (χ3v) is 5.04. The minimum absolute atomic E-state index is 0. The third kappa shape index (κ3) is 30.3. The summed E-state index contributed by atoms with van der Waals surface area (Å²) in [6, 6.07) is 44.8. The Morgan fingerprint density at radius 3 is 0.636 bits per heavy atom. The predicted octanol–water partition coefficient (Wildman–Crippen LogP) is 6.18. The fraction of sp³-hybridized carbons (Fsp3) is 0.333. The summed E-state index contributed by atoms with van der Waals surface area (Å²) < 4.78 is 0. The summed E-state index contributed by atoms with van der Waals surface area (Å²) in [7, 11) is 16.5. The average molecular weight is 968 g/mol. The van der Waals surface area contributed by atoms with Crippen molar-refractivity contribution in [3.8, 4) is 0 Å². The van der Waals surface area contributed by atoms with Crippen molar-refractivity contribution in [2.24, 2.45) is 0 Å². The summed E-state index contributed by atoms with van der Waals surface area (Å²) in [5, 5.41) is 0. The second-order valence-electron chi connectivity index (χ2n) is 10.5. The van der Waals surface area contributed by atoms with E-state index in [4.69, 9.17) is 0 Å². The first-order valence-corrected chi connectivity index (χ1v) is 13.6. The van der Waals surface area contributed by atoms with E-state index in [1.54, 1.807) is 0 Å². The standard InChI is InChI=1S/4C9H12N.4Ag/c4*1-10(2)8-9-6-4-3-5-7-9;;;;/h4*3-6H,8H2,1-2H3;;;;/q4*-1;4*+1. The van der Waals surface area contributed by atoms with Crippen molar-refractivity contribution in [2.45, 2.75) is 26.2 Å². The Bertz CT molecular complexity index is 918. The van der Waals surface area contributed by atoms with Crippen molar-refractivity contribution in [1.82, 2.24) is 19.6 Å². The molecule has 256 valence electrons. The normalized spacial score (nSPS) is 9.36. The van der Waals surface area contributed by atoms with E-state index in [0.29, 0.717) is 0 Å². The van der Waals surface area contributed by atoms with Gasteiger partial charge in [0.05, 0.1) is 0 Å². The molecule has 0 N–H and O–H groups in total. The molecule has 0 atom stereocenters. The van der Waals surface area contributed by atoms with Crippen LogP contribution in [-0.4, -0.2) is 76.0 Å². The van der Waals surface area contributed by atoms with Crippen molar-refractivity contribution < 1.29 is 89.5 Å². The van der Waals surface area contributed by atoms with Gasteiger partial charge >= 0.3 is 89.5 Å². The van der Waals surface area contributed by atoms with Crippen LogP contribution in [0, 0.1) is 24.3 Å². The van der Waals surface area contributed by atoms with Gasteiger partial charge < -0.3 is 19.6 Å². The van der Waals surface area contributed by atoms with E-state index in [1.807, 2.05) is 72.8 Å². The quantitative estimate of drug-likeness (QED) is 0.155. The molecule has 4 aromatic rings. The molecule has 0 saturated heterocycles. The van der Waals surface area contributed by atoms with Crippen LogP contribution < -0.4 is 0 Å². The zero-order chi connectivity index (χ0) is 29.6. The van der Waals surface area contributed by atoms with E-state index in [0.717, 1.165) is 26.2 Å². The molecule has 44 heavy (non-hydrogen) atoms. The van der Waals surface area contributed by atoms with Gasteiger partial charge in [0.25, 0.3) is 0 Å². The van der Waals surface area contributed by atoms with Gasteiger partial charge in [-0.1, -0.05) is 0 Å². The Morgan fingerprint density at radius 1 is 0.341 bits per heavy atom.